The number of piperazine rings is 1. The number of hydrogen-bond donors (Lipinski definition) is 2. The number of aliphatic hydroxyl groups is 1. The van der Waals surface area contributed by atoms with E-state index in [0.717, 1.165) is 35.7 Å². The second-order valence-electron chi connectivity index (χ2n) is 9.53. The maximum Gasteiger partial charge on any atom is 0.231 e. The van der Waals surface area contributed by atoms with Crippen molar-refractivity contribution in [3.63, 3.8) is 0 Å². The molecular weight excluding hydrogens is 454 g/mol. The molecule has 34 heavy (non-hydrogen) atoms. The molecule has 0 saturated carbocycles. The molecular formula is C25H32ClN5O3. The zero-order valence-electron chi connectivity index (χ0n) is 19.5. The number of halogens is 1. The first-order valence-electron chi connectivity index (χ1n) is 12.1. The Morgan fingerprint density at radius 2 is 2.00 bits per heavy atom. The highest BCUT2D eigenvalue weighted by atomic mass is 35.5. The standard InChI is InChI=1S/C25H32ClN5O3/c1-16-12-21(32)23-22(16)24(29-15-28-23)30-7-9-31(10-8-30)25(33)20(13-27-19-6-11-34-14-19)17-2-4-18(26)5-3-17/h2-5,15-16,19-21,27,32H,6-14H2,1H3/t16-,19-,20-,21-/m1/s1. The molecule has 1 aliphatic carbocycles. The normalized spacial score (nSPS) is 25.4. The predicted molar refractivity (Wildman–Crippen MR) is 130 cm³/mol. The van der Waals surface area contributed by atoms with E-state index in [1.54, 1.807) is 6.33 Å². The number of aromatic nitrogens is 2. The van der Waals surface area contributed by atoms with Gasteiger partial charge < -0.3 is 25.0 Å². The molecule has 1 aromatic heterocycles. The van der Waals surface area contributed by atoms with E-state index >= 15 is 0 Å². The van der Waals surface area contributed by atoms with Crippen LogP contribution >= 0.6 is 11.6 Å². The summed E-state index contributed by atoms with van der Waals surface area (Å²) in [6.07, 6.45) is 2.67. The van der Waals surface area contributed by atoms with E-state index in [4.69, 9.17) is 16.3 Å². The van der Waals surface area contributed by atoms with Crippen LogP contribution in [0, 0.1) is 0 Å². The summed E-state index contributed by atoms with van der Waals surface area (Å²) in [4.78, 5) is 26.7. The number of nitrogens with one attached hydrogen (secondary N) is 1. The number of aliphatic hydroxyl groups excluding tert-OH is 1. The van der Waals surface area contributed by atoms with Crippen LogP contribution in [0.25, 0.3) is 0 Å². The summed E-state index contributed by atoms with van der Waals surface area (Å²) in [5.74, 6) is 0.979. The predicted octanol–water partition coefficient (Wildman–Crippen LogP) is 2.48. The Balaban J connectivity index is 1.28. The summed E-state index contributed by atoms with van der Waals surface area (Å²) in [6.45, 7) is 6.81. The first-order valence-corrected chi connectivity index (χ1v) is 12.5. The Hall–Kier alpha value is -2.26. The van der Waals surface area contributed by atoms with Crippen molar-refractivity contribution in [3.8, 4) is 0 Å². The Morgan fingerprint density at radius 3 is 2.71 bits per heavy atom. The van der Waals surface area contributed by atoms with Gasteiger partial charge in [0.05, 0.1) is 24.3 Å². The third-order valence-corrected chi connectivity index (χ3v) is 7.53. The Morgan fingerprint density at radius 1 is 1.24 bits per heavy atom. The quantitative estimate of drug-likeness (QED) is 0.649. The minimum atomic E-state index is -0.521. The van der Waals surface area contributed by atoms with Crippen LogP contribution in [0.1, 0.15) is 54.5 Å². The van der Waals surface area contributed by atoms with Crippen LogP contribution in [0.5, 0.6) is 0 Å². The van der Waals surface area contributed by atoms with Crippen LogP contribution in [-0.2, 0) is 9.53 Å². The van der Waals surface area contributed by atoms with E-state index < -0.39 is 6.10 Å². The molecule has 1 aromatic carbocycles. The van der Waals surface area contributed by atoms with Gasteiger partial charge in [-0.1, -0.05) is 30.7 Å². The van der Waals surface area contributed by atoms with Crippen LogP contribution < -0.4 is 10.2 Å². The van der Waals surface area contributed by atoms with Crippen LogP contribution in [-0.4, -0.2) is 77.9 Å². The van der Waals surface area contributed by atoms with E-state index in [1.165, 1.54) is 0 Å². The SMILES string of the molecule is C[C@@H]1C[C@@H](O)c2ncnc(N3CCN(C(=O)[C@H](CN[C@@H]4CCOC4)c4ccc(Cl)cc4)CC3)c21. The van der Waals surface area contributed by atoms with Gasteiger partial charge in [0, 0.05) is 56.0 Å². The zero-order chi connectivity index (χ0) is 23.7. The molecule has 0 unspecified atom stereocenters. The zero-order valence-corrected chi connectivity index (χ0v) is 20.2. The summed E-state index contributed by atoms with van der Waals surface area (Å²) >= 11 is 6.10. The van der Waals surface area contributed by atoms with Crippen LogP contribution in [0.3, 0.4) is 0 Å². The Kier molecular flexibility index (Phi) is 7.01. The summed E-state index contributed by atoms with van der Waals surface area (Å²) in [6, 6.07) is 7.88. The second kappa shape index (κ2) is 10.2. The molecule has 2 N–H and O–H groups in total. The van der Waals surface area contributed by atoms with Crippen molar-refractivity contribution in [2.75, 3.05) is 50.8 Å². The number of rotatable bonds is 6. The van der Waals surface area contributed by atoms with Crippen LogP contribution in [0.4, 0.5) is 5.82 Å². The highest BCUT2D eigenvalue weighted by Crippen LogP contribution is 2.42. The van der Waals surface area contributed by atoms with Crippen molar-refractivity contribution in [3.05, 3.63) is 52.4 Å². The molecule has 1 amide bonds. The van der Waals surface area contributed by atoms with Crippen molar-refractivity contribution in [1.29, 1.82) is 0 Å². The number of nitrogens with zero attached hydrogens (tertiary/aromatic N) is 4. The summed E-state index contributed by atoms with van der Waals surface area (Å²) in [5, 5.41) is 14.5. The highest BCUT2D eigenvalue weighted by Gasteiger charge is 2.35. The molecule has 2 aliphatic heterocycles. The minimum Gasteiger partial charge on any atom is -0.387 e. The minimum absolute atomic E-state index is 0.130. The number of fused-ring (bicyclic) bond motifs is 1. The van der Waals surface area contributed by atoms with Gasteiger partial charge in [0.1, 0.15) is 12.1 Å². The summed E-state index contributed by atoms with van der Waals surface area (Å²) in [5.41, 5.74) is 2.78. The lowest BCUT2D eigenvalue weighted by atomic mass is 9.96. The Bertz CT molecular complexity index is 1010. The van der Waals surface area contributed by atoms with Gasteiger partial charge in [0.25, 0.3) is 0 Å². The summed E-state index contributed by atoms with van der Waals surface area (Å²) in [7, 11) is 0. The maximum absolute atomic E-state index is 13.7. The lowest BCUT2D eigenvalue weighted by molar-refractivity contribution is -0.133. The van der Waals surface area contributed by atoms with Crippen molar-refractivity contribution in [2.45, 2.75) is 43.7 Å². The van der Waals surface area contributed by atoms with Gasteiger partial charge in [-0.05, 0) is 36.5 Å². The third kappa shape index (κ3) is 4.77. The summed E-state index contributed by atoms with van der Waals surface area (Å²) < 4.78 is 5.48. The van der Waals surface area contributed by atoms with Crippen molar-refractivity contribution >= 4 is 23.3 Å². The van der Waals surface area contributed by atoms with Gasteiger partial charge >= 0.3 is 0 Å². The number of benzene rings is 1. The molecule has 9 heteroatoms. The van der Waals surface area contributed by atoms with E-state index in [2.05, 4.69) is 27.1 Å². The molecule has 182 valence electrons. The van der Waals surface area contributed by atoms with E-state index in [0.29, 0.717) is 50.8 Å². The number of carbonyl (C=O) groups is 1. The molecule has 4 atom stereocenters. The van der Waals surface area contributed by atoms with E-state index in [9.17, 15) is 9.90 Å². The molecule has 2 fully saturated rings. The van der Waals surface area contributed by atoms with Gasteiger partial charge in [-0.3, -0.25) is 4.79 Å². The van der Waals surface area contributed by atoms with E-state index in [-0.39, 0.29) is 23.8 Å². The molecule has 0 spiro atoms. The molecule has 0 bridgehead atoms. The molecule has 3 aliphatic rings. The van der Waals surface area contributed by atoms with Gasteiger partial charge in [-0.2, -0.15) is 0 Å². The van der Waals surface area contributed by atoms with Crippen molar-refractivity contribution < 1.29 is 14.6 Å². The fourth-order valence-electron chi connectivity index (χ4n) is 5.34. The lowest BCUT2D eigenvalue weighted by Gasteiger charge is -2.38. The fraction of sp³-hybridized carbons (Fsp3) is 0.560. The van der Waals surface area contributed by atoms with Crippen molar-refractivity contribution in [2.24, 2.45) is 0 Å². The van der Waals surface area contributed by atoms with Gasteiger partial charge in [-0.25, -0.2) is 9.97 Å². The topological polar surface area (TPSA) is 90.8 Å². The molecule has 2 aromatic rings. The molecule has 2 saturated heterocycles. The van der Waals surface area contributed by atoms with Gasteiger partial charge in [-0.15, -0.1) is 0 Å². The number of ether oxygens (including phenoxy) is 1. The average molecular weight is 486 g/mol. The molecule has 0 radical (unpaired) electrons. The highest BCUT2D eigenvalue weighted by molar-refractivity contribution is 6.30. The molecule has 8 nitrogen and oxygen atoms in total. The number of hydrogen-bond acceptors (Lipinski definition) is 7. The average Bonchev–Trinajstić information content (AvgIpc) is 3.48. The van der Waals surface area contributed by atoms with Crippen LogP contribution in [0.2, 0.25) is 5.02 Å². The second-order valence-corrected chi connectivity index (χ2v) is 9.97. The van der Waals surface area contributed by atoms with E-state index in [1.807, 2.05) is 29.2 Å². The first-order chi connectivity index (χ1) is 16.5. The largest absolute Gasteiger partial charge is 0.387 e. The monoisotopic (exact) mass is 485 g/mol. The van der Waals surface area contributed by atoms with Gasteiger partial charge in [0.2, 0.25) is 5.91 Å². The smallest absolute Gasteiger partial charge is 0.231 e. The maximum atomic E-state index is 13.7. The van der Waals surface area contributed by atoms with Gasteiger partial charge in [0.15, 0.2) is 0 Å². The van der Waals surface area contributed by atoms with Crippen LogP contribution in [0.15, 0.2) is 30.6 Å². The third-order valence-electron chi connectivity index (χ3n) is 7.28. The Labute approximate surface area is 205 Å². The number of anilines is 1. The number of amides is 1. The first kappa shape index (κ1) is 23.5. The fourth-order valence-corrected chi connectivity index (χ4v) is 5.46. The molecule has 5 rings (SSSR count). The lowest BCUT2D eigenvalue weighted by Crippen LogP contribution is -2.51. The van der Waals surface area contributed by atoms with Crippen molar-refractivity contribution in [1.82, 2.24) is 20.2 Å². The number of carbonyl (C=O) groups excluding carboxylic acids is 1. The molecule has 3 heterocycles.